The van der Waals surface area contributed by atoms with E-state index in [0.29, 0.717) is 16.8 Å². The topological polar surface area (TPSA) is 75.3 Å². The number of sulfonamides is 1. The summed E-state index contributed by atoms with van der Waals surface area (Å²) in [6, 6.07) is 13.4. The van der Waals surface area contributed by atoms with Gasteiger partial charge in [-0.1, -0.05) is 31.2 Å². The van der Waals surface area contributed by atoms with Crippen molar-refractivity contribution < 1.29 is 13.2 Å². The number of hydrogen-bond donors (Lipinski definition) is 2. The molecule has 0 fully saturated rings. The third-order valence-electron chi connectivity index (χ3n) is 3.76. The fourth-order valence-electron chi connectivity index (χ4n) is 2.16. The number of rotatable bonds is 6. The lowest BCUT2D eigenvalue weighted by atomic mass is 10.1. The van der Waals surface area contributed by atoms with Crippen molar-refractivity contribution in [3.05, 3.63) is 59.7 Å². The van der Waals surface area contributed by atoms with Crippen LogP contribution in [0.25, 0.3) is 0 Å². The third-order valence-corrected chi connectivity index (χ3v) is 5.28. The molecule has 0 bridgehead atoms. The summed E-state index contributed by atoms with van der Waals surface area (Å²) < 4.78 is 27.8. The van der Waals surface area contributed by atoms with Gasteiger partial charge in [-0.2, -0.15) is 0 Å². The Balaban J connectivity index is 2.32. The summed E-state index contributed by atoms with van der Waals surface area (Å²) in [5.41, 5.74) is 1.39. The molecule has 2 rings (SSSR count). The predicted molar refractivity (Wildman–Crippen MR) is 95.6 cm³/mol. The van der Waals surface area contributed by atoms with E-state index in [2.05, 4.69) is 10.0 Å². The Hall–Kier alpha value is -2.34. The Kier molecular flexibility index (Phi) is 5.62. The Labute approximate surface area is 143 Å². The number of benzene rings is 2. The summed E-state index contributed by atoms with van der Waals surface area (Å²) >= 11 is 0. The number of para-hydroxylation sites is 1. The number of anilines is 1. The van der Waals surface area contributed by atoms with Crippen LogP contribution >= 0.6 is 0 Å². The summed E-state index contributed by atoms with van der Waals surface area (Å²) in [4.78, 5) is 12.3. The van der Waals surface area contributed by atoms with Crippen molar-refractivity contribution in [2.75, 3.05) is 4.72 Å². The Morgan fingerprint density at radius 1 is 1.12 bits per heavy atom. The first-order chi connectivity index (χ1) is 11.3. The molecule has 6 heteroatoms. The van der Waals surface area contributed by atoms with Gasteiger partial charge in [-0.3, -0.25) is 9.52 Å². The maximum atomic E-state index is 12.6. The Morgan fingerprint density at radius 3 is 2.42 bits per heavy atom. The van der Waals surface area contributed by atoms with Gasteiger partial charge >= 0.3 is 0 Å². The number of hydrogen-bond acceptors (Lipinski definition) is 3. The van der Waals surface area contributed by atoms with Gasteiger partial charge < -0.3 is 5.32 Å². The molecular formula is C18H22N2O3S. The largest absolute Gasteiger partial charge is 0.350 e. The summed E-state index contributed by atoms with van der Waals surface area (Å²) in [7, 11) is -3.76. The van der Waals surface area contributed by atoms with Crippen LogP contribution in [0.2, 0.25) is 0 Å². The highest BCUT2D eigenvalue weighted by molar-refractivity contribution is 7.92. The first-order valence-electron chi connectivity index (χ1n) is 7.83. The molecule has 0 aromatic heterocycles. The van der Waals surface area contributed by atoms with Crippen LogP contribution in [0.5, 0.6) is 0 Å². The molecule has 24 heavy (non-hydrogen) atoms. The van der Waals surface area contributed by atoms with Crippen LogP contribution in [0.15, 0.2) is 53.4 Å². The van der Waals surface area contributed by atoms with Crippen molar-refractivity contribution in [1.29, 1.82) is 0 Å². The monoisotopic (exact) mass is 346 g/mol. The highest BCUT2D eigenvalue weighted by Crippen LogP contribution is 2.21. The van der Waals surface area contributed by atoms with E-state index in [-0.39, 0.29) is 16.8 Å². The summed E-state index contributed by atoms with van der Waals surface area (Å²) in [6.45, 7) is 5.58. The van der Waals surface area contributed by atoms with Gasteiger partial charge in [0, 0.05) is 17.3 Å². The molecule has 0 radical (unpaired) electrons. The van der Waals surface area contributed by atoms with Gasteiger partial charge in [0.1, 0.15) is 0 Å². The molecule has 2 aromatic rings. The second kappa shape index (κ2) is 7.49. The zero-order chi connectivity index (χ0) is 17.7. The van der Waals surface area contributed by atoms with Crippen molar-refractivity contribution in [2.24, 2.45) is 0 Å². The van der Waals surface area contributed by atoms with Gasteiger partial charge in [-0.15, -0.1) is 0 Å². The molecule has 0 aliphatic carbocycles. The molecule has 1 atom stereocenters. The van der Waals surface area contributed by atoms with E-state index in [0.717, 1.165) is 6.42 Å². The Morgan fingerprint density at radius 2 is 1.79 bits per heavy atom. The number of nitrogens with one attached hydrogen (secondary N) is 2. The minimum absolute atomic E-state index is 0.0290. The van der Waals surface area contributed by atoms with Crippen LogP contribution < -0.4 is 10.0 Å². The zero-order valence-electron chi connectivity index (χ0n) is 14.0. The molecule has 0 spiro atoms. The van der Waals surface area contributed by atoms with Crippen LogP contribution in [-0.2, 0) is 10.0 Å². The van der Waals surface area contributed by atoms with Crippen LogP contribution in [0, 0.1) is 6.92 Å². The predicted octanol–water partition coefficient (Wildman–Crippen LogP) is 3.32. The number of carbonyl (C=O) groups is 1. The van der Waals surface area contributed by atoms with E-state index < -0.39 is 10.0 Å². The zero-order valence-corrected chi connectivity index (χ0v) is 14.9. The van der Waals surface area contributed by atoms with E-state index >= 15 is 0 Å². The number of carbonyl (C=O) groups excluding carboxylic acids is 1. The number of amides is 1. The first-order valence-corrected chi connectivity index (χ1v) is 9.31. The SMILES string of the molecule is CC[C@@H](C)NC(=O)c1ccc(C)c(S(=O)(=O)Nc2ccccc2)c1. The highest BCUT2D eigenvalue weighted by atomic mass is 32.2. The molecule has 0 heterocycles. The lowest BCUT2D eigenvalue weighted by molar-refractivity contribution is 0.0939. The maximum Gasteiger partial charge on any atom is 0.262 e. The van der Waals surface area contributed by atoms with E-state index in [1.807, 2.05) is 19.9 Å². The molecule has 0 aliphatic rings. The molecular weight excluding hydrogens is 324 g/mol. The van der Waals surface area contributed by atoms with Gasteiger partial charge in [-0.25, -0.2) is 8.42 Å². The minimum atomic E-state index is -3.76. The lowest BCUT2D eigenvalue weighted by Gasteiger charge is -2.14. The van der Waals surface area contributed by atoms with Crippen LogP contribution in [0.3, 0.4) is 0 Å². The molecule has 1 amide bonds. The molecule has 0 unspecified atom stereocenters. The van der Waals surface area contributed by atoms with Crippen LogP contribution in [-0.4, -0.2) is 20.4 Å². The standard InChI is InChI=1S/C18H22N2O3S/c1-4-14(3)19-18(21)15-11-10-13(2)17(12-15)24(22,23)20-16-8-6-5-7-9-16/h5-12,14,20H,4H2,1-3H3,(H,19,21)/t14-/m1/s1. The highest BCUT2D eigenvalue weighted by Gasteiger charge is 2.19. The van der Waals surface area contributed by atoms with Crippen molar-refractivity contribution in [3.8, 4) is 0 Å². The summed E-state index contributed by atoms with van der Waals surface area (Å²) in [5, 5.41) is 2.84. The van der Waals surface area contributed by atoms with E-state index in [9.17, 15) is 13.2 Å². The first kappa shape index (κ1) is 18.0. The van der Waals surface area contributed by atoms with E-state index in [1.165, 1.54) is 6.07 Å². The number of aryl methyl sites for hydroxylation is 1. The molecule has 0 saturated heterocycles. The van der Waals surface area contributed by atoms with Crippen LogP contribution in [0.1, 0.15) is 36.2 Å². The van der Waals surface area contributed by atoms with E-state index in [1.54, 1.807) is 43.3 Å². The molecule has 0 saturated carbocycles. The normalized spacial score (nSPS) is 12.5. The smallest absolute Gasteiger partial charge is 0.262 e. The molecule has 2 aromatic carbocycles. The van der Waals surface area contributed by atoms with Crippen molar-refractivity contribution >= 4 is 21.6 Å². The molecule has 0 aliphatic heterocycles. The lowest BCUT2D eigenvalue weighted by Crippen LogP contribution is -2.32. The second-order valence-corrected chi connectivity index (χ2v) is 7.39. The van der Waals surface area contributed by atoms with Gasteiger partial charge in [0.05, 0.1) is 4.90 Å². The quantitative estimate of drug-likeness (QED) is 0.842. The van der Waals surface area contributed by atoms with Crippen molar-refractivity contribution in [1.82, 2.24) is 5.32 Å². The average Bonchev–Trinajstić information content (AvgIpc) is 2.55. The van der Waals surface area contributed by atoms with Gasteiger partial charge in [0.15, 0.2) is 0 Å². The molecule has 2 N–H and O–H groups in total. The summed E-state index contributed by atoms with van der Waals surface area (Å²) in [5.74, 6) is -0.277. The molecule has 5 nitrogen and oxygen atoms in total. The molecule has 128 valence electrons. The minimum Gasteiger partial charge on any atom is -0.350 e. The fourth-order valence-corrected chi connectivity index (χ4v) is 3.49. The van der Waals surface area contributed by atoms with Gasteiger partial charge in [-0.05, 0) is 50.1 Å². The van der Waals surface area contributed by atoms with Gasteiger partial charge in [0.2, 0.25) is 0 Å². The second-order valence-electron chi connectivity index (χ2n) is 5.73. The summed E-state index contributed by atoms with van der Waals surface area (Å²) in [6.07, 6.45) is 0.804. The Bertz CT molecular complexity index is 817. The van der Waals surface area contributed by atoms with Crippen molar-refractivity contribution in [2.45, 2.75) is 38.1 Å². The fraction of sp³-hybridized carbons (Fsp3) is 0.278. The third kappa shape index (κ3) is 4.35. The van der Waals surface area contributed by atoms with Crippen LogP contribution in [0.4, 0.5) is 5.69 Å². The average molecular weight is 346 g/mol. The van der Waals surface area contributed by atoms with Gasteiger partial charge in [0.25, 0.3) is 15.9 Å². The van der Waals surface area contributed by atoms with Crippen molar-refractivity contribution in [3.63, 3.8) is 0 Å². The van der Waals surface area contributed by atoms with E-state index in [4.69, 9.17) is 0 Å². The maximum absolute atomic E-state index is 12.6.